The Bertz CT molecular complexity index is 1020. The normalized spacial score (nSPS) is 12.2. The van der Waals surface area contributed by atoms with Crippen LogP contribution in [0.3, 0.4) is 0 Å². The van der Waals surface area contributed by atoms with E-state index >= 15 is 0 Å². The third-order valence-electron chi connectivity index (χ3n) is 4.96. The average molecular weight is 406 g/mol. The molecule has 0 fully saturated rings. The van der Waals surface area contributed by atoms with Crippen LogP contribution in [0, 0.1) is 0 Å². The third kappa shape index (κ3) is 4.18. The Morgan fingerprint density at radius 2 is 1.73 bits per heavy atom. The number of fused-ring (bicyclic) bond motifs is 3. The number of anilines is 1. The lowest BCUT2D eigenvalue weighted by Crippen LogP contribution is -2.30. The van der Waals surface area contributed by atoms with E-state index in [1.165, 1.54) is 22.0 Å². The number of carbonyl (C=O) groups is 2. The summed E-state index contributed by atoms with van der Waals surface area (Å²) in [6.45, 7) is 0.272. The van der Waals surface area contributed by atoms with Crippen LogP contribution in [0.5, 0.6) is 0 Å². The van der Waals surface area contributed by atoms with E-state index in [-0.39, 0.29) is 38.1 Å². The fraction of sp³-hybridized carbons (Fsp3) is 0.227. The number of carbonyl (C=O) groups excluding carboxylic acids is 2. The highest BCUT2D eigenvalue weighted by Crippen LogP contribution is 2.44. The predicted octanol–water partition coefficient (Wildman–Crippen LogP) is 2.35. The molecule has 0 saturated heterocycles. The van der Waals surface area contributed by atoms with Crippen LogP contribution in [-0.2, 0) is 16.1 Å². The standard InChI is InChI=1S/C22H22N4O4/c27-10-9-23-21(28)13-26-12-15(11-24-26)25-22(29)30-14-20-18-7-3-1-5-16(18)17-6-2-4-8-19(17)20/h1-8,11-12,20,27H,9-10,13-14H2,(H,23,28)(H,25,29). The molecule has 2 amide bonds. The number of amides is 2. The molecule has 0 atom stereocenters. The Balaban J connectivity index is 1.35. The molecule has 3 N–H and O–H groups in total. The van der Waals surface area contributed by atoms with Crippen LogP contribution in [0.1, 0.15) is 17.0 Å². The number of nitrogens with zero attached hydrogens (tertiary/aromatic N) is 2. The minimum atomic E-state index is -0.582. The van der Waals surface area contributed by atoms with Crippen LogP contribution in [-0.4, -0.2) is 46.6 Å². The van der Waals surface area contributed by atoms with Gasteiger partial charge in [0.2, 0.25) is 5.91 Å². The molecule has 1 aliphatic rings. The van der Waals surface area contributed by atoms with Crippen LogP contribution in [0.2, 0.25) is 0 Å². The van der Waals surface area contributed by atoms with Crippen molar-refractivity contribution in [1.82, 2.24) is 15.1 Å². The summed E-state index contributed by atoms with van der Waals surface area (Å²) in [7, 11) is 0. The van der Waals surface area contributed by atoms with Crippen molar-refractivity contribution in [1.29, 1.82) is 0 Å². The van der Waals surface area contributed by atoms with Gasteiger partial charge >= 0.3 is 6.09 Å². The Morgan fingerprint density at radius 3 is 2.40 bits per heavy atom. The third-order valence-corrected chi connectivity index (χ3v) is 4.96. The molecule has 1 aliphatic carbocycles. The highest BCUT2D eigenvalue weighted by Gasteiger charge is 2.29. The maximum atomic E-state index is 12.3. The second-order valence-corrected chi connectivity index (χ2v) is 6.95. The number of ether oxygens (including phenoxy) is 1. The second-order valence-electron chi connectivity index (χ2n) is 6.95. The van der Waals surface area contributed by atoms with E-state index in [0.29, 0.717) is 5.69 Å². The lowest BCUT2D eigenvalue weighted by atomic mass is 9.98. The number of hydrogen-bond donors (Lipinski definition) is 3. The number of nitrogens with one attached hydrogen (secondary N) is 2. The first-order valence-corrected chi connectivity index (χ1v) is 9.67. The summed E-state index contributed by atoms with van der Waals surface area (Å²) in [5, 5.41) is 17.9. The van der Waals surface area contributed by atoms with Gasteiger partial charge in [-0.15, -0.1) is 0 Å². The summed E-state index contributed by atoms with van der Waals surface area (Å²) in [5.74, 6) is -0.291. The zero-order chi connectivity index (χ0) is 20.9. The van der Waals surface area contributed by atoms with Crippen molar-refractivity contribution in [3.05, 3.63) is 72.1 Å². The van der Waals surface area contributed by atoms with Gasteiger partial charge < -0.3 is 15.2 Å². The quantitative estimate of drug-likeness (QED) is 0.559. The van der Waals surface area contributed by atoms with Gasteiger partial charge in [-0.3, -0.25) is 14.8 Å². The lowest BCUT2D eigenvalue weighted by Gasteiger charge is -2.14. The van der Waals surface area contributed by atoms with Crippen LogP contribution in [0.25, 0.3) is 11.1 Å². The Kier molecular flexibility index (Phi) is 5.76. The molecule has 3 aromatic rings. The Labute approximate surface area is 173 Å². The molecule has 1 heterocycles. The zero-order valence-corrected chi connectivity index (χ0v) is 16.2. The van der Waals surface area contributed by atoms with Crippen LogP contribution >= 0.6 is 0 Å². The molecule has 8 heteroatoms. The van der Waals surface area contributed by atoms with Crippen molar-refractivity contribution in [2.75, 3.05) is 25.1 Å². The van der Waals surface area contributed by atoms with E-state index in [1.54, 1.807) is 6.20 Å². The van der Waals surface area contributed by atoms with Gasteiger partial charge in [0.15, 0.2) is 0 Å². The number of hydrogen-bond acceptors (Lipinski definition) is 5. The number of aliphatic hydroxyl groups is 1. The van der Waals surface area contributed by atoms with Crippen molar-refractivity contribution in [2.24, 2.45) is 0 Å². The molecule has 154 valence electrons. The number of benzene rings is 2. The topological polar surface area (TPSA) is 105 Å². The van der Waals surface area contributed by atoms with Gasteiger partial charge in [0.05, 0.1) is 18.5 Å². The summed E-state index contributed by atoms with van der Waals surface area (Å²) in [6, 6.07) is 16.3. The molecular weight excluding hydrogens is 384 g/mol. The molecule has 2 aromatic carbocycles. The smallest absolute Gasteiger partial charge is 0.411 e. The Hall–Kier alpha value is -3.65. The van der Waals surface area contributed by atoms with Gasteiger partial charge in [0, 0.05) is 18.7 Å². The summed E-state index contributed by atoms with van der Waals surface area (Å²) in [4.78, 5) is 23.9. The molecular formula is C22H22N4O4. The summed E-state index contributed by atoms with van der Waals surface area (Å²) in [6.07, 6.45) is 2.40. The molecule has 4 rings (SSSR count). The highest BCUT2D eigenvalue weighted by atomic mass is 16.5. The van der Waals surface area contributed by atoms with Crippen molar-refractivity contribution in [3.8, 4) is 11.1 Å². The first-order chi connectivity index (χ1) is 14.7. The molecule has 0 aliphatic heterocycles. The molecule has 0 spiro atoms. The van der Waals surface area contributed by atoms with Gasteiger partial charge in [0.1, 0.15) is 13.2 Å². The lowest BCUT2D eigenvalue weighted by molar-refractivity contribution is -0.122. The fourth-order valence-electron chi connectivity index (χ4n) is 3.67. The van der Waals surface area contributed by atoms with Crippen molar-refractivity contribution < 1.29 is 19.4 Å². The monoisotopic (exact) mass is 406 g/mol. The van der Waals surface area contributed by atoms with E-state index in [9.17, 15) is 9.59 Å². The van der Waals surface area contributed by atoms with Crippen LogP contribution in [0.4, 0.5) is 10.5 Å². The number of rotatable bonds is 7. The molecule has 0 saturated carbocycles. The molecule has 0 unspecified atom stereocenters. The van der Waals surface area contributed by atoms with E-state index < -0.39 is 6.09 Å². The second kappa shape index (κ2) is 8.79. The van der Waals surface area contributed by atoms with Crippen LogP contribution in [0.15, 0.2) is 60.9 Å². The minimum Gasteiger partial charge on any atom is -0.448 e. The maximum absolute atomic E-state index is 12.3. The SMILES string of the molecule is O=C(Cn1cc(NC(=O)OCC2c3ccccc3-c3ccccc32)cn1)NCCO. The summed E-state index contributed by atoms with van der Waals surface area (Å²) < 4.78 is 6.89. The van der Waals surface area contributed by atoms with Gasteiger partial charge in [0.25, 0.3) is 0 Å². The first-order valence-electron chi connectivity index (χ1n) is 9.67. The van der Waals surface area contributed by atoms with Gasteiger partial charge in [-0.1, -0.05) is 48.5 Å². The minimum absolute atomic E-state index is 0.00757. The number of aliphatic hydroxyl groups excluding tert-OH is 1. The van der Waals surface area contributed by atoms with E-state index in [2.05, 4.69) is 40.0 Å². The summed E-state index contributed by atoms with van der Waals surface area (Å²) in [5.41, 5.74) is 5.06. The summed E-state index contributed by atoms with van der Waals surface area (Å²) >= 11 is 0. The average Bonchev–Trinajstić information content (AvgIpc) is 3.32. The maximum Gasteiger partial charge on any atom is 0.411 e. The molecule has 0 bridgehead atoms. The molecule has 1 aromatic heterocycles. The predicted molar refractivity (Wildman–Crippen MR) is 111 cm³/mol. The largest absolute Gasteiger partial charge is 0.448 e. The van der Waals surface area contributed by atoms with E-state index in [4.69, 9.17) is 9.84 Å². The van der Waals surface area contributed by atoms with Crippen LogP contribution < -0.4 is 10.6 Å². The zero-order valence-electron chi connectivity index (χ0n) is 16.2. The van der Waals surface area contributed by atoms with E-state index in [1.807, 2.05) is 24.3 Å². The Morgan fingerprint density at radius 1 is 1.07 bits per heavy atom. The van der Waals surface area contributed by atoms with Crippen molar-refractivity contribution >= 4 is 17.7 Å². The first kappa shape index (κ1) is 19.7. The van der Waals surface area contributed by atoms with Gasteiger partial charge in [-0.05, 0) is 22.3 Å². The molecule has 8 nitrogen and oxygen atoms in total. The van der Waals surface area contributed by atoms with Crippen molar-refractivity contribution in [2.45, 2.75) is 12.5 Å². The van der Waals surface area contributed by atoms with Gasteiger partial charge in [-0.2, -0.15) is 5.10 Å². The van der Waals surface area contributed by atoms with Crippen molar-refractivity contribution in [3.63, 3.8) is 0 Å². The van der Waals surface area contributed by atoms with E-state index in [0.717, 1.165) is 11.1 Å². The van der Waals surface area contributed by atoms with Gasteiger partial charge in [-0.25, -0.2) is 4.79 Å². The fourth-order valence-corrected chi connectivity index (χ4v) is 3.67. The molecule has 0 radical (unpaired) electrons. The highest BCUT2D eigenvalue weighted by molar-refractivity contribution is 5.85. The number of aromatic nitrogens is 2. The molecule has 30 heavy (non-hydrogen) atoms.